The number of carbonyl (C=O) groups is 2. The number of carbonyl (C=O) groups excluding carboxylic acids is 2. The smallest absolute Gasteiger partial charge is 0.251 e. The molecule has 2 aromatic carbocycles. The van der Waals surface area contributed by atoms with E-state index in [4.69, 9.17) is 5.73 Å². The van der Waals surface area contributed by atoms with Crippen LogP contribution in [0.2, 0.25) is 0 Å². The highest BCUT2D eigenvalue weighted by atomic mass is 32.1. The third kappa shape index (κ3) is 4.87. The Balaban J connectivity index is 1.17. The van der Waals surface area contributed by atoms with E-state index in [1.54, 1.807) is 0 Å². The molecular formula is C27H32N4O2S. The summed E-state index contributed by atoms with van der Waals surface area (Å²) in [6.45, 7) is 7.02. The molecule has 0 bridgehead atoms. The van der Waals surface area contributed by atoms with Crippen LogP contribution in [0.15, 0.2) is 42.5 Å². The van der Waals surface area contributed by atoms with Crippen molar-refractivity contribution in [1.82, 2.24) is 9.80 Å². The van der Waals surface area contributed by atoms with Gasteiger partial charge in [0.25, 0.3) is 5.91 Å². The number of rotatable bonds is 6. The van der Waals surface area contributed by atoms with E-state index in [0.29, 0.717) is 23.0 Å². The number of nitrogens with one attached hydrogen (secondary N) is 1. The fourth-order valence-electron chi connectivity index (χ4n) is 5.25. The fraction of sp³-hybridized carbons (Fsp3) is 0.407. The highest BCUT2D eigenvalue weighted by Gasteiger charge is 2.28. The van der Waals surface area contributed by atoms with E-state index in [9.17, 15) is 9.59 Å². The predicted molar refractivity (Wildman–Crippen MR) is 138 cm³/mol. The van der Waals surface area contributed by atoms with Crippen LogP contribution >= 0.6 is 11.3 Å². The first-order chi connectivity index (χ1) is 16.5. The minimum absolute atomic E-state index is 0.0725. The van der Waals surface area contributed by atoms with Gasteiger partial charge in [0.05, 0.1) is 12.1 Å². The first-order valence-electron chi connectivity index (χ1n) is 12.1. The molecule has 6 nitrogen and oxygen atoms in total. The first-order valence-corrected chi connectivity index (χ1v) is 12.9. The van der Waals surface area contributed by atoms with Gasteiger partial charge in [-0.3, -0.25) is 19.4 Å². The van der Waals surface area contributed by atoms with Crippen LogP contribution in [0, 0.1) is 5.92 Å². The molecule has 7 heteroatoms. The number of piperazine rings is 1. The SMILES string of the molecule is C[C@@H]1CCc2c(sc(NC(=O)CN3CCN(Cc4cccc5ccccc45)CC3)c2C(N)=O)C1. The van der Waals surface area contributed by atoms with Crippen molar-refractivity contribution in [3.8, 4) is 0 Å². The second-order valence-corrected chi connectivity index (χ2v) is 10.8. The molecule has 34 heavy (non-hydrogen) atoms. The van der Waals surface area contributed by atoms with Gasteiger partial charge >= 0.3 is 0 Å². The van der Waals surface area contributed by atoms with E-state index >= 15 is 0 Å². The molecule has 2 amide bonds. The predicted octanol–water partition coefficient (Wildman–Crippen LogP) is 3.88. The van der Waals surface area contributed by atoms with Crippen LogP contribution in [-0.4, -0.2) is 54.3 Å². The monoisotopic (exact) mass is 476 g/mol. The average Bonchev–Trinajstić information content (AvgIpc) is 3.17. The van der Waals surface area contributed by atoms with E-state index in [1.165, 1.54) is 32.5 Å². The molecular weight excluding hydrogens is 444 g/mol. The number of primary amides is 1. The molecule has 2 aliphatic rings. The molecule has 1 aliphatic carbocycles. The minimum Gasteiger partial charge on any atom is -0.365 e. The summed E-state index contributed by atoms with van der Waals surface area (Å²) in [5, 5.41) is 6.22. The molecule has 3 N–H and O–H groups in total. The van der Waals surface area contributed by atoms with Gasteiger partial charge in [-0.05, 0) is 47.1 Å². The number of nitrogens with two attached hydrogens (primary N) is 1. The maximum absolute atomic E-state index is 12.8. The number of thiophene rings is 1. The maximum Gasteiger partial charge on any atom is 0.251 e. The average molecular weight is 477 g/mol. The molecule has 0 unspecified atom stereocenters. The van der Waals surface area contributed by atoms with Crippen LogP contribution in [0.25, 0.3) is 10.8 Å². The number of anilines is 1. The lowest BCUT2D eigenvalue weighted by Gasteiger charge is -2.34. The Bertz CT molecular complexity index is 1210. The molecule has 1 fully saturated rings. The van der Waals surface area contributed by atoms with E-state index < -0.39 is 5.91 Å². The highest BCUT2D eigenvalue weighted by Crippen LogP contribution is 2.39. The van der Waals surface area contributed by atoms with Crippen molar-refractivity contribution in [2.24, 2.45) is 11.7 Å². The van der Waals surface area contributed by atoms with Crippen LogP contribution in [0.5, 0.6) is 0 Å². The molecule has 1 aromatic heterocycles. The fourth-order valence-corrected chi connectivity index (χ4v) is 6.68. The zero-order chi connectivity index (χ0) is 23.7. The lowest BCUT2D eigenvalue weighted by atomic mass is 9.88. The number of benzene rings is 2. The Hall–Kier alpha value is -2.74. The minimum atomic E-state index is -0.440. The molecule has 2 heterocycles. The molecule has 178 valence electrons. The molecule has 0 radical (unpaired) electrons. The topological polar surface area (TPSA) is 78.7 Å². The van der Waals surface area contributed by atoms with E-state index in [2.05, 4.69) is 64.5 Å². The number of hydrogen-bond donors (Lipinski definition) is 2. The summed E-state index contributed by atoms with van der Waals surface area (Å²) < 4.78 is 0. The van der Waals surface area contributed by atoms with Crippen LogP contribution in [0.3, 0.4) is 0 Å². The Morgan fingerprint density at radius 2 is 1.79 bits per heavy atom. The number of nitrogens with zero attached hydrogens (tertiary/aromatic N) is 2. The normalized spacial score (nSPS) is 19.1. The van der Waals surface area contributed by atoms with Crippen molar-refractivity contribution in [1.29, 1.82) is 0 Å². The number of fused-ring (bicyclic) bond motifs is 2. The molecule has 5 rings (SSSR count). The lowest BCUT2D eigenvalue weighted by Crippen LogP contribution is -2.48. The summed E-state index contributed by atoms with van der Waals surface area (Å²) >= 11 is 1.53. The zero-order valence-electron chi connectivity index (χ0n) is 19.7. The first kappa shape index (κ1) is 23.0. The van der Waals surface area contributed by atoms with Crippen molar-refractivity contribution in [2.75, 3.05) is 38.0 Å². The molecule has 1 atom stereocenters. The van der Waals surface area contributed by atoms with Gasteiger partial charge in [0.15, 0.2) is 0 Å². The summed E-state index contributed by atoms with van der Waals surface area (Å²) in [4.78, 5) is 30.8. The summed E-state index contributed by atoms with van der Waals surface area (Å²) in [6, 6.07) is 15.0. The van der Waals surface area contributed by atoms with Crippen molar-refractivity contribution in [3.63, 3.8) is 0 Å². The van der Waals surface area contributed by atoms with Crippen LogP contribution in [-0.2, 0) is 24.2 Å². The van der Waals surface area contributed by atoms with Crippen molar-refractivity contribution >= 4 is 38.9 Å². The van der Waals surface area contributed by atoms with Gasteiger partial charge in [-0.2, -0.15) is 0 Å². The van der Waals surface area contributed by atoms with Gasteiger partial charge in [0, 0.05) is 37.6 Å². The Labute approximate surface area is 204 Å². The van der Waals surface area contributed by atoms with Crippen molar-refractivity contribution < 1.29 is 9.59 Å². The van der Waals surface area contributed by atoms with Crippen LogP contribution in [0.4, 0.5) is 5.00 Å². The summed E-state index contributed by atoms with van der Waals surface area (Å²) in [5.41, 5.74) is 8.61. The summed E-state index contributed by atoms with van der Waals surface area (Å²) in [5.74, 6) is 0.0849. The lowest BCUT2D eigenvalue weighted by molar-refractivity contribution is -0.117. The Kier molecular flexibility index (Phi) is 6.68. The Morgan fingerprint density at radius 3 is 2.59 bits per heavy atom. The number of hydrogen-bond acceptors (Lipinski definition) is 5. The molecule has 0 spiro atoms. The van der Waals surface area contributed by atoms with Gasteiger partial charge in [-0.15, -0.1) is 11.3 Å². The van der Waals surface area contributed by atoms with E-state index in [0.717, 1.165) is 57.5 Å². The summed E-state index contributed by atoms with van der Waals surface area (Å²) in [7, 11) is 0. The molecule has 1 saturated heterocycles. The summed E-state index contributed by atoms with van der Waals surface area (Å²) in [6.07, 6.45) is 2.87. The third-order valence-electron chi connectivity index (χ3n) is 7.12. The van der Waals surface area contributed by atoms with Crippen LogP contribution in [0.1, 0.15) is 39.7 Å². The van der Waals surface area contributed by atoms with Gasteiger partial charge in [-0.1, -0.05) is 49.4 Å². The molecule has 0 saturated carbocycles. The van der Waals surface area contributed by atoms with Crippen LogP contribution < -0.4 is 11.1 Å². The molecule has 1 aliphatic heterocycles. The van der Waals surface area contributed by atoms with E-state index in [-0.39, 0.29) is 5.91 Å². The quantitative estimate of drug-likeness (QED) is 0.566. The second kappa shape index (κ2) is 9.86. The largest absolute Gasteiger partial charge is 0.365 e. The van der Waals surface area contributed by atoms with Gasteiger partial charge in [-0.25, -0.2) is 0 Å². The standard InChI is InChI=1S/C27H32N4O2S/c1-18-9-10-22-23(15-18)34-27(25(22)26(28)33)29-24(32)17-31-13-11-30(12-14-31)16-20-7-4-6-19-5-2-3-8-21(19)20/h2-8,18H,9-17H2,1H3,(H2,28,33)(H,29,32)/t18-/m1/s1. The third-order valence-corrected chi connectivity index (χ3v) is 8.29. The number of amides is 2. The van der Waals surface area contributed by atoms with Gasteiger partial charge < -0.3 is 11.1 Å². The molecule has 3 aromatic rings. The van der Waals surface area contributed by atoms with Crippen molar-refractivity contribution in [2.45, 2.75) is 32.7 Å². The second-order valence-electron chi connectivity index (χ2n) is 9.66. The van der Waals surface area contributed by atoms with Gasteiger partial charge in [0.2, 0.25) is 5.91 Å². The van der Waals surface area contributed by atoms with E-state index in [1.807, 2.05) is 0 Å². The zero-order valence-corrected chi connectivity index (χ0v) is 20.5. The maximum atomic E-state index is 12.8. The van der Waals surface area contributed by atoms with Crippen molar-refractivity contribution in [3.05, 3.63) is 64.0 Å². The Morgan fingerprint density at radius 1 is 1.06 bits per heavy atom. The van der Waals surface area contributed by atoms with Gasteiger partial charge in [0.1, 0.15) is 5.00 Å². The highest BCUT2D eigenvalue weighted by molar-refractivity contribution is 7.17.